The van der Waals surface area contributed by atoms with Gasteiger partial charge in [0.1, 0.15) is 7.85 Å². The Morgan fingerprint density at radius 1 is 0.333 bits per heavy atom. The third-order valence-electron chi connectivity index (χ3n) is 8.98. The topological polar surface area (TPSA) is 0 Å². The summed E-state index contributed by atoms with van der Waals surface area (Å²) in [6.07, 6.45) is 0. The maximum absolute atomic E-state index is 6.75. The number of rotatable bonds is 2. The van der Waals surface area contributed by atoms with Gasteiger partial charge in [0.2, 0.25) is 0 Å². The summed E-state index contributed by atoms with van der Waals surface area (Å²) >= 11 is 0. The summed E-state index contributed by atoms with van der Waals surface area (Å²) in [4.78, 5) is 0. The van der Waals surface area contributed by atoms with Gasteiger partial charge in [0.05, 0.1) is 10.8 Å². The van der Waals surface area contributed by atoms with E-state index in [-0.39, 0.29) is 0 Å². The molecule has 6 aromatic carbocycles. The molecule has 8 rings (SSSR count). The summed E-state index contributed by atoms with van der Waals surface area (Å²) < 4.78 is 0. The molecule has 39 heavy (non-hydrogen) atoms. The monoisotopic (exact) mass is 492 g/mol. The predicted molar refractivity (Wildman–Crippen MR) is 161 cm³/mol. The summed E-state index contributed by atoms with van der Waals surface area (Å²) in [6.45, 7) is 0. The van der Waals surface area contributed by atoms with Gasteiger partial charge in [-0.05, 0) is 55.6 Å². The predicted octanol–water partition coefficient (Wildman–Crippen LogP) is 7.54. The molecular weight excluding hydrogens is 467 g/mol. The van der Waals surface area contributed by atoms with Gasteiger partial charge in [0, 0.05) is 0 Å². The van der Waals surface area contributed by atoms with Gasteiger partial charge >= 0.3 is 0 Å². The summed E-state index contributed by atoms with van der Waals surface area (Å²) in [7, 11) is 6.75. The summed E-state index contributed by atoms with van der Waals surface area (Å²) in [5.41, 5.74) is 12.6. The van der Waals surface area contributed by atoms with Crippen LogP contribution in [0, 0.1) is 0 Å². The number of hydrogen-bond acceptors (Lipinski definition) is 0. The van der Waals surface area contributed by atoms with Gasteiger partial charge in [0.25, 0.3) is 0 Å². The molecule has 0 saturated carbocycles. The molecule has 1 spiro atoms. The average Bonchev–Trinajstić information content (AvgIpc) is 3.31. The lowest BCUT2D eigenvalue weighted by atomic mass is 9.51. The van der Waals surface area contributed by atoms with Crippen molar-refractivity contribution in [2.45, 2.75) is 10.8 Å². The fourth-order valence-electron chi connectivity index (χ4n) is 7.67. The molecule has 6 aromatic rings. The molecule has 0 heterocycles. The van der Waals surface area contributed by atoms with Crippen LogP contribution in [0.4, 0.5) is 0 Å². The Hall–Kier alpha value is -4.62. The Kier molecular flexibility index (Phi) is 4.70. The van der Waals surface area contributed by atoms with Crippen molar-refractivity contribution >= 4 is 13.3 Å². The molecule has 0 saturated heterocycles. The van der Waals surface area contributed by atoms with Crippen molar-refractivity contribution in [3.8, 4) is 11.1 Å². The maximum atomic E-state index is 6.75. The summed E-state index contributed by atoms with van der Waals surface area (Å²) in [6, 6.07) is 55.5. The first-order valence-electron chi connectivity index (χ1n) is 13.6. The lowest BCUT2D eigenvalue weighted by Crippen LogP contribution is -2.44. The molecule has 0 N–H and O–H groups in total. The fraction of sp³-hybridized carbons (Fsp3) is 0.0526. The van der Waals surface area contributed by atoms with Crippen LogP contribution in [-0.2, 0) is 10.8 Å². The zero-order valence-electron chi connectivity index (χ0n) is 21.5. The molecule has 0 amide bonds. The Balaban J connectivity index is 1.63. The highest BCUT2D eigenvalue weighted by molar-refractivity contribution is 6.36. The van der Waals surface area contributed by atoms with E-state index >= 15 is 0 Å². The molecule has 0 aliphatic heterocycles. The number of fused-ring (bicyclic) bond motifs is 9. The van der Waals surface area contributed by atoms with Crippen molar-refractivity contribution in [3.63, 3.8) is 0 Å². The first-order valence-corrected chi connectivity index (χ1v) is 13.6. The van der Waals surface area contributed by atoms with E-state index in [0.29, 0.717) is 0 Å². The van der Waals surface area contributed by atoms with Crippen LogP contribution in [0.2, 0.25) is 0 Å². The minimum absolute atomic E-state index is 0.471. The lowest BCUT2D eigenvalue weighted by molar-refractivity contribution is 0.624. The van der Waals surface area contributed by atoms with E-state index in [4.69, 9.17) is 7.85 Å². The van der Waals surface area contributed by atoms with Crippen LogP contribution in [0.25, 0.3) is 11.1 Å². The van der Waals surface area contributed by atoms with Crippen LogP contribution in [0.3, 0.4) is 0 Å². The highest BCUT2D eigenvalue weighted by Gasteiger charge is 2.56. The van der Waals surface area contributed by atoms with Gasteiger partial charge in [-0.1, -0.05) is 157 Å². The molecule has 0 atom stereocenters. The first-order chi connectivity index (χ1) is 19.3. The molecule has 2 aliphatic carbocycles. The van der Waals surface area contributed by atoms with E-state index in [2.05, 4.69) is 146 Å². The quantitative estimate of drug-likeness (QED) is 0.219. The smallest absolute Gasteiger partial charge is 0.0886 e. The Labute approximate surface area is 231 Å². The van der Waals surface area contributed by atoms with Crippen LogP contribution in [-0.4, -0.2) is 7.85 Å². The van der Waals surface area contributed by atoms with Crippen molar-refractivity contribution in [1.29, 1.82) is 0 Å². The molecule has 0 aromatic heterocycles. The van der Waals surface area contributed by atoms with Gasteiger partial charge in [0.15, 0.2) is 0 Å². The van der Waals surface area contributed by atoms with Crippen LogP contribution in [0.15, 0.2) is 152 Å². The third kappa shape index (κ3) is 2.70. The molecular formula is C38H25B. The van der Waals surface area contributed by atoms with Crippen LogP contribution < -0.4 is 5.46 Å². The first kappa shape index (κ1) is 22.4. The Morgan fingerprint density at radius 2 is 0.744 bits per heavy atom. The number of hydrogen-bond donors (Lipinski definition) is 0. The standard InChI is InChI=1S/C38H25B/c39-35-25-13-24-34-36(35)28-18-7-8-19-29(28)38(34)32-22-11-9-20-30(32)37(26-14-3-1-4-15-26,27-16-5-2-6-17-27)31-21-10-12-23-33(31)38/h1-25H. The second-order valence-corrected chi connectivity index (χ2v) is 10.6. The van der Waals surface area contributed by atoms with E-state index in [1.54, 1.807) is 0 Å². The molecule has 0 unspecified atom stereocenters. The summed E-state index contributed by atoms with van der Waals surface area (Å²) in [5, 5.41) is 0. The zero-order chi connectivity index (χ0) is 26.0. The zero-order valence-corrected chi connectivity index (χ0v) is 21.5. The van der Waals surface area contributed by atoms with E-state index in [0.717, 1.165) is 11.0 Å². The fourth-order valence-corrected chi connectivity index (χ4v) is 7.67. The van der Waals surface area contributed by atoms with Gasteiger partial charge in [-0.15, -0.1) is 0 Å². The van der Waals surface area contributed by atoms with Crippen molar-refractivity contribution < 1.29 is 0 Å². The largest absolute Gasteiger partial charge is 0.114 e. The van der Waals surface area contributed by atoms with Crippen LogP contribution in [0.1, 0.15) is 44.5 Å². The van der Waals surface area contributed by atoms with Crippen molar-refractivity contribution in [2.24, 2.45) is 0 Å². The molecule has 0 fully saturated rings. The van der Waals surface area contributed by atoms with E-state index in [9.17, 15) is 0 Å². The Bertz CT molecular complexity index is 1780. The minimum Gasteiger partial charge on any atom is -0.0886 e. The van der Waals surface area contributed by atoms with Crippen molar-refractivity contribution in [3.05, 3.63) is 196 Å². The van der Waals surface area contributed by atoms with Gasteiger partial charge in [-0.2, -0.15) is 0 Å². The van der Waals surface area contributed by atoms with Crippen LogP contribution in [0.5, 0.6) is 0 Å². The SMILES string of the molecule is [B]c1cccc2c1-c1ccccc1C21c2ccccc2C(c2ccccc2)(c2ccccc2)c2ccccc21. The lowest BCUT2D eigenvalue weighted by Gasteiger charge is -2.50. The second kappa shape index (κ2) is 8.19. The van der Waals surface area contributed by atoms with Gasteiger partial charge in [-0.25, -0.2) is 0 Å². The van der Waals surface area contributed by atoms with E-state index in [1.165, 1.54) is 50.1 Å². The minimum atomic E-state index is -0.473. The van der Waals surface area contributed by atoms with Gasteiger partial charge < -0.3 is 0 Å². The summed E-state index contributed by atoms with van der Waals surface area (Å²) in [5.74, 6) is 0. The highest BCUT2D eigenvalue weighted by Crippen LogP contribution is 2.64. The van der Waals surface area contributed by atoms with Gasteiger partial charge in [-0.3, -0.25) is 0 Å². The second-order valence-electron chi connectivity index (χ2n) is 10.6. The number of benzene rings is 6. The molecule has 0 bridgehead atoms. The average molecular weight is 492 g/mol. The Morgan fingerprint density at radius 3 is 1.28 bits per heavy atom. The molecule has 1 heteroatoms. The van der Waals surface area contributed by atoms with Crippen molar-refractivity contribution in [2.75, 3.05) is 0 Å². The maximum Gasteiger partial charge on any atom is 0.114 e. The molecule has 2 aliphatic rings. The molecule has 0 nitrogen and oxygen atoms in total. The molecule has 2 radical (unpaired) electrons. The van der Waals surface area contributed by atoms with Crippen LogP contribution >= 0.6 is 0 Å². The van der Waals surface area contributed by atoms with E-state index < -0.39 is 10.8 Å². The third-order valence-corrected chi connectivity index (χ3v) is 8.98. The highest BCUT2D eigenvalue weighted by atomic mass is 14.6. The van der Waals surface area contributed by atoms with Crippen molar-refractivity contribution in [1.82, 2.24) is 0 Å². The van der Waals surface area contributed by atoms with E-state index in [1.807, 2.05) is 6.07 Å². The molecule has 180 valence electrons. The normalized spacial score (nSPS) is 15.2.